The standard InChI is InChI=1S/C21H29NO3S.C20H27NO4S/c23-20-13-6-12-19(11-5-4-10-18-8-2-1-3-9-18)22(20)15-17-26-16-7-14-21(24)25;22-18(16-6-2-1-3-7-16)12-11-17-8-4-9-19(23)21(17)13-15-26-14-5-10-20(24)25/h1-3,5,8-9,11,19H,4,6-7,10,12-17H2,(H,24,25);1-3,6-7,11-12,17-18,22H,4-5,8-10,13-15H2,(H,24,25)/t19-;17-,18?/m01/s1. The van der Waals surface area contributed by atoms with Gasteiger partial charge in [-0.05, 0) is 74.0 Å². The maximum absolute atomic E-state index is 12.3. The lowest BCUT2D eigenvalue weighted by molar-refractivity contribution is -0.138. The van der Waals surface area contributed by atoms with E-state index in [9.17, 15) is 24.3 Å². The molecule has 2 aliphatic heterocycles. The molecule has 0 aliphatic carbocycles. The van der Waals surface area contributed by atoms with Gasteiger partial charge in [-0.2, -0.15) is 23.5 Å². The van der Waals surface area contributed by atoms with Crippen LogP contribution in [-0.4, -0.2) is 97.1 Å². The number of aliphatic hydroxyl groups excluding tert-OH is 1. The van der Waals surface area contributed by atoms with E-state index in [4.69, 9.17) is 10.2 Å². The van der Waals surface area contributed by atoms with Crippen LogP contribution in [0.2, 0.25) is 0 Å². The Hall–Kier alpha value is -3.54. The SMILES string of the molecule is O=C(O)CCCSCCN1C(=O)CCC[C@@H]1C=CC(O)c1ccccc1.O=C(O)CCCSCCN1C(=O)CCC[C@@H]1C=CCCc1ccccc1. The van der Waals surface area contributed by atoms with Crippen LogP contribution < -0.4 is 0 Å². The Morgan fingerprint density at radius 2 is 1.23 bits per heavy atom. The van der Waals surface area contributed by atoms with Gasteiger partial charge in [-0.3, -0.25) is 19.2 Å². The molecular weight excluding hydrogens is 697 g/mol. The Morgan fingerprint density at radius 1 is 0.731 bits per heavy atom. The molecule has 0 aromatic heterocycles. The van der Waals surface area contributed by atoms with Crippen molar-refractivity contribution >= 4 is 47.3 Å². The Labute approximate surface area is 317 Å². The summed E-state index contributed by atoms with van der Waals surface area (Å²) in [6, 6.07) is 20.1. The molecule has 284 valence electrons. The Morgan fingerprint density at radius 3 is 1.75 bits per heavy atom. The second kappa shape index (κ2) is 25.4. The molecule has 2 saturated heterocycles. The molecule has 2 aromatic rings. The number of thioether (sulfide) groups is 2. The smallest absolute Gasteiger partial charge is 0.303 e. The van der Waals surface area contributed by atoms with Gasteiger partial charge in [0.05, 0.1) is 12.1 Å². The average Bonchev–Trinajstić information content (AvgIpc) is 3.14. The maximum Gasteiger partial charge on any atom is 0.303 e. The Kier molecular flexibility index (Phi) is 21.0. The molecule has 1 unspecified atom stereocenters. The van der Waals surface area contributed by atoms with Crippen LogP contribution in [0.3, 0.4) is 0 Å². The lowest BCUT2D eigenvalue weighted by Crippen LogP contribution is -2.43. The van der Waals surface area contributed by atoms with Crippen LogP contribution in [0, 0.1) is 0 Å². The third kappa shape index (κ3) is 17.3. The predicted molar refractivity (Wildman–Crippen MR) is 212 cm³/mol. The first-order chi connectivity index (χ1) is 25.2. The van der Waals surface area contributed by atoms with Gasteiger partial charge < -0.3 is 25.1 Å². The summed E-state index contributed by atoms with van der Waals surface area (Å²) in [6.07, 6.45) is 16.3. The fraction of sp³-hybridized carbons (Fsp3) is 0.512. The highest BCUT2D eigenvalue weighted by molar-refractivity contribution is 7.99. The van der Waals surface area contributed by atoms with E-state index in [2.05, 4.69) is 36.4 Å². The molecule has 2 amide bonds. The van der Waals surface area contributed by atoms with E-state index >= 15 is 0 Å². The molecule has 3 atom stereocenters. The predicted octanol–water partition coefficient (Wildman–Crippen LogP) is 7.41. The molecule has 11 heteroatoms. The van der Waals surface area contributed by atoms with E-state index in [0.29, 0.717) is 32.2 Å². The van der Waals surface area contributed by atoms with Crippen molar-refractivity contribution in [2.75, 3.05) is 36.1 Å². The second-order valence-electron chi connectivity index (χ2n) is 13.0. The summed E-state index contributed by atoms with van der Waals surface area (Å²) < 4.78 is 0. The van der Waals surface area contributed by atoms with Gasteiger partial charge in [-0.1, -0.05) is 85.0 Å². The molecule has 2 fully saturated rings. The number of rotatable bonds is 21. The summed E-state index contributed by atoms with van der Waals surface area (Å²) >= 11 is 3.42. The van der Waals surface area contributed by atoms with Crippen LogP contribution in [0.4, 0.5) is 0 Å². The monoisotopic (exact) mass is 752 g/mol. The number of aryl methyl sites for hydroxylation is 1. The summed E-state index contributed by atoms with van der Waals surface area (Å²) in [5, 5.41) is 27.6. The van der Waals surface area contributed by atoms with Gasteiger partial charge in [0.15, 0.2) is 0 Å². The van der Waals surface area contributed by atoms with E-state index < -0.39 is 18.0 Å². The number of likely N-dealkylation sites (tertiary alicyclic amines) is 2. The zero-order valence-electron chi connectivity index (χ0n) is 30.2. The Balaban J connectivity index is 0.000000280. The molecule has 2 aromatic carbocycles. The number of carbonyl (C=O) groups excluding carboxylic acids is 2. The number of allylic oxidation sites excluding steroid dienone is 1. The number of hydrogen-bond donors (Lipinski definition) is 3. The highest BCUT2D eigenvalue weighted by Crippen LogP contribution is 2.23. The number of hydrogen-bond acceptors (Lipinski definition) is 7. The fourth-order valence-electron chi connectivity index (χ4n) is 6.20. The highest BCUT2D eigenvalue weighted by Gasteiger charge is 2.27. The van der Waals surface area contributed by atoms with E-state index in [1.807, 2.05) is 52.3 Å². The van der Waals surface area contributed by atoms with Crippen LogP contribution in [0.25, 0.3) is 0 Å². The summed E-state index contributed by atoms with van der Waals surface area (Å²) in [5.41, 5.74) is 2.18. The third-order valence-corrected chi connectivity index (χ3v) is 11.1. The maximum atomic E-state index is 12.3. The van der Waals surface area contributed by atoms with Gasteiger partial charge in [-0.25, -0.2) is 0 Å². The number of aliphatic hydroxyl groups is 1. The third-order valence-electron chi connectivity index (χ3n) is 8.99. The van der Waals surface area contributed by atoms with Gasteiger partial charge in [-0.15, -0.1) is 0 Å². The zero-order chi connectivity index (χ0) is 37.4. The summed E-state index contributed by atoms with van der Waals surface area (Å²) in [6.45, 7) is 1.41. The average molecular weight is 753 g/mol. The zero-order valence-corrected chi connectivity index (χ0v) is 31.9. The van der Waals surface area contributed by atoms with Crippen molar-refractivity contribution in [1.82, 2.24) is 9.80 Å². The number of carboxylic acid groups (broad SMARTS) is 2. The van der Waals surface area contributed by atoms with Gasteiger partial charge >= 0.3 is 11.9 Å². The van der Waals surface area contributed by atoms with Gasteiger partial charge in [0.25, 0.3) is 0 Å². The van der Waals surface area contributed by atoms with Crippen molar-refractivity contribution in [1.29, 1.82) is 0 Å². The number of amides is 2. The van der Waals surface area contributed by atoms with Crippen LogP contribution in [0.1, 0.15) is 87.9 Å². The number of benzene rings is 2. The number of carbonyl (C=O) groups is 4. The van der Waals surface area contributed by atoms with Gasteiger partial charge in [0.2, 0.25) is 11.8 Å². The summed E-state index contributed by atoms with van der Waals surface area (Å²) in [7, 11) is 0. The van der Waals surface area contributed by atoms with Crippen molar-refractivity contribution in [2.45, 2.75) is 95.2 Å². The second-order valence-corrected chi connectivity index (χ2v) is 15.5. The van der Waals surface area contributed by atoms with Crippen molar-refractivity contribution < 1.29 is 34.5 Å². The van der Waals surface area contributed by atoms with Crippen molar-refractivity contribution in [3.05, 3.63) is 96.1 Å². The lowest BCUT2D eigenvalue weighted by atomic mass is 10.00. The fourth-order valence-corrected chi connectivity index (χ4v) is 7.96. The molecule has 0 radical (unpaired) electrons. The number of aliphatic carboxylic acids is 2. The first-order valence-corrected chi connectivity index (χ1v) is 20.9. The number of carboxylic acids is 2. The molecule has 0 spiro atoms. The van der Waals surface area contributed by atoms with Gasteiger partial charge in [0.1, 0.15) is 0 Å². The molecule has 2 aliphatic rings. The molecule has 2 heterocycles. The van der Waals surface area contributed by atoms with Crippen LogP contribution >= 0.6 is 23.5 Å². The first-order valence-electron chi connectivity index (χ1n) is 18.5. The van der Waals surface area contributed by atoms with Crippen molar-refractivity contribution in [3.63, 3.8) is 0 Å². The van der Waals surface area contributed by atoms with Crippen LogP contribution in [0.5, 0.6) is 0 Å². The largest absolute Gasteiger partial charge is 0.481 e. The normalized spacial score (nSPS) is 18.4. The van der Waals surface area contributed by atoms with E-state index in [0.717, 1.165) is 73.6 Å². The minimum atomic E-state index is -0.765. The van der Waals surface area contributed by atoms with Crippen molar-refractivity contribution in [3.8, 4) is 0 Å². The molecular formula is C41H56N2O7S2. The van der Waals surface area contributed by atoms with E-state index in [1.54, 1.807) is 29.6 Å². The van der Waals surface area contributed by atoms with Crippen LogP contribution in [-0.2, 0) is 25.6 Å². The summed E-state index contributed by atoms with van der Waals surface area (Å²) in [4.78, 5) is 49.5. The first kappa shape index (κ1) is 42.9. The number of piperidine rings is 2. The lowest BCUT2D eigenvalue weighted by Gasteiger charge is -2.34. The quantitative estimate of drug-likeness (QED) is 0.0880. The molecule has 4 rings (SSSR count). The van der Waals surface area contributed by atoms with Gasteiger partial charge in [0, 0.05) is 56.3 Å². The molecule has 0 bridgehead atoms. The van der Waals surface area contributed by atoms with Crippen LogP contribution in [0.15, 0.2) is 85.0 Å². The van der Waals surface area contributed by atoms with E-state index in [-0.39, 0.29) is 36.7 Å². The Bertz CT molecular complexity index is 1410. The minimum absolute atomic E-state index is 0.0224. The minimum Gasteiger partial charge on any atom is -0.481 e. The molecule has 52 heavy (non-hydrogen) atoms. The molecule has 3 N–H and O–H groups in total. The molecule has 9 nitrogen and oxygen atoms in total. The summed E-state index contributed by atoms with van der Waals surface area (Å²) in [5.74, 6) is 2.22. The highest BCUT2D eigenvalue weighted by atomic mass is 32.2. The van der Waals surface area contributed by atoms with Crippen molar-refractivity contribution in [2.24, 2.45) is 0 Å². The van der Waals surface area contributed by atoms with E-state index in [1.165, 1.54) is 5.56 Å². The topological polar surface area (TPSA) is 135 Å². The molecule has 0 saturated carbocycles. The number of nitrogens with zero attached hydrogens (tertiary/aromatic N) is 2.